The molecule has 1 aromatic rings. The van der Waals surface area contributed by atoms with E-state index < -0.39 is 0 Å². The predicted molar refractivity (Wildman–Crippen MR) is 65.3 cm³/mol. The van der Waals surface area contributed by atoms with Crippen LogP contribution < -0.4 is 0 Å². The number of fused-ring (bicyclic) bond motifs is 1. The summed E-state index contributed by atoms with van der Waals surface area (Å²) in [5.41, 5.74) is 2.04. The number of rotatable bonds is 5. The molecule has 1 atom stereocenters. The maximum absolute atomic E-state index is 9.63. The highest BCUT2D eigenvalue weighted by Gasteiger charge is 2.34. The first-order chi connectivity index (χ1) is 7.82. The maximum Gasteiger partial charge on any atom is 0.0620 e. The summed E-state index contributed by atoms with van der Waals surface area (Å²) in [6.45, 7) is 3.50. The van der Waals surface area contributed by atoms with Crippen LogP contribution in [0.15, 0.2) is 30.3 Å². The molecular weight excluding hydrogens is 200 g/mol. The zero-order valence-corrected chi connectivity index (χ0v) is 9.65. The van der Waals surface area contributed by atoms with Gasteiger partial charge in [-0.1, -0.05) is 43.3 Å². The zero-order valence-electron chi connectivity index (χ0n) is 9.65. The number of aliphatic hydroxyl groups is 1. The average molecular weight is 218 g/mol. The zero-order chi connectivity index (χ0) is 11.4. The smallest absolute Gasteiger partial charge is 0.0620 e. The standard InChI is InChI=1S/C14H18O2/c1-2-9-16-11-14(10-15)8-7-12-5-3-4-6-13(12)14/h3-8,15H,2,9-11H2,1H3. The molecule has 1 unspecified atom stereocenters. The van der Waals surface area contributed by atoms with E-state index in [2.05, 4.69) is 31.2 Å². The van der Waals surface area contributed by atoms with Crippen molar-refractivity contribution in [2.45, 2.75) is 18.8 Å². The summed E-state index contributed by atoms with van der Waals surface area (Å²) in [6, 6.07) is 8.17. The normalized spacial score (nSPS) is 22.4. The molecule has 0 aliphatic heterocycles. The number of benzene rings is 1. The van der Waals surface area contributed by atoms with E-state index in [9.17, 15) is 5.11 Å². The summed E-state index contributed by atoms with van der Waals surface area (Å²) in [6.07, 6.45) is 5.14. The lowest BCUT2D eigenvalue weighted by molar-refractivity contribution is 0.0730. The Morgan fingerprint density at radius 1 is 1.31 bits per heavy atom. The van der Waals surface area contributed by atoms with Crippen molar-refractivity contribution >= 4 is 6.08 Å². The van der Waals surface area contributed by atoms with Gasteiger partial charge in [0.25, 0.3) is 0 Å². The van der Waals surface area contributed by atoms with Gasteiger partial charge < -0.3 is 9.84 Å². The molecule has 0 radical (unpaired) electrons. The highest BCUT2D eigenvalue weighted by atomic mass is 16.5. The molecule has 0 bridgehead atoms. The Morgan fingerprint density at radius 2 is 2.12 bits per heavy atom. The van der Waals surface area contributed by atoms with Gasteiger partial charge in [0.05, 0.1) is 18.6 Å². The minimum atomic E-state index is -0.328. The van der Waals surface area contributed by atoms with Crippen molar-refractivity contribution in [3.8, 4) is 0 Å². The van der Waals surface area contributed by atoms with Crippen molar-refractivity contribution in [2.75, 3.05) is 19.8 Å². The summed E-state index contributed by atoms with van der Waals surface area (Å²) < 4.78 is 5.61. The quantitative estimate of drug-likeness (QED) is 0.769. The number of ether oxygens (including phenoxy) is 1. The SMILES string of the molecule is CCCOCC1(CO)C=Cc2ccccc21. The fourth-order valence-corrected chi connectivity index (χ4v) is 2.14. The molecule has 2 heteroatoms. The Bertz CT molecular complexity index is 384. The third-order valence-electron chi connectivity index (χ3n) is 3.07. The van der Waals surface area contributed by atoms with Crippen LogP contribution in [0, 0.1) is 0 Å². The highest BCUT2D eigenvalue weighted by Crippen LogP contribution is 2.35. The minimum Gasteiger partial charge on any atom is -0.395 e. The van der Waals surface area contributed by atoms with Crippen LogP contribution in [0.2, 0.25) is 0 Å². The third-order valence-corrected chi connectivity index (χ3v) is 3.07. The molecule has 1 aromatic carbocycles. The molecular formula is C14H18O2. The van der Waals surface area contributed by atoms with Crippen LogP contribution in [0.25, 0.3) is 6.08 Å². The Balaban J connectivity index is 2.20. The van der Waals surface area contributed by atoms with Gasteiger partial charge in [-0.05, 0) is 17.5 Å². The monoisotopic (exact) mass is 218 g/mol. The largest absolute Gasteiger partial charge is 0.395 e. The molecule has 86 valence electrons. The summed E-state index contributed by atoms with van der Waals surface area (Å²) >= 11 is 0. The molecule has 16 heavy (non-hydrogen) atoms. The number of aliphatic hydroxyl groups excluding tert-OH is 1. The van der Waals surface area contributed by atoms with Crippen molar-refractivity contribution in [2.24, 2.45) is 0 Å². The Kier molecular flexibility index (Phi) is 3.42. The first-order valence-electron chi connectivity index (χ1n) is 5.80. The molecule has 0 aromatic heterocycles. The van der Waals surface area contributed by atoms with Gasteiger partial charge >= 0.3 is 0 Å². The second-order valence-electron chi connectivity index (χ2n) is 4.29. The first kappa shape index (κ1) is 11.4. The molecule has 2 rings (SSSR count). The van der Waals surface area contributed by atoms with Crippen LogP contribution in [0.1, 0.15) is 24.5 Å². The van der Waals surface area contributed by atoms with Crippen LogP contribution in [-0.2, 0) is 10.2 Å². The Labute approximate surface area is 96.6 Å². The summed E-state index contributed by atoms with van der Waals surface area (Å²) in [5, 5.41) is 9.63. The molecule has 0 saturated heterocycles. The van der Waals surface area contributed by atoms with Crippen molar-refractivity contribution < 1.29 is 9.84 Å². The average Bonchev–Trinajstić information content (AvgIpc) is 2.70. The predicted octanol–water partition coefficient (Wildman–Crippen LogP) is 2.37. The molecule has 0 saturated carbocycles. The number of hydrogen-bond donors (Lipinski definition) is 1. The fourth-order valence-electron chi connectivity index (χ4n) is 2.14. The van der Waals surface area contributed by atoms with Gasteiger partial charge in [0, 0.05) is 6.61 Å². The summed E-state index contributed by atoms with van der Waals surface area (Å²) in [4.78, 5) is 0. The first-order valence-corrected chi connectivity index (χ1v) is 5.80. The van der Waals surface area contributed by atoms with Crippen LogP contribution in [0.5, 0.6) is 0 Å². The third kappa shape index (κ3) is 1.91. The number of hydrogen-bond acceptors (Lipinski definition) is 2. The summed E-state index contributed by atoms with van der Waals surface area (Å²) in [5.74, 6) is 0. The van der Waals surface area contributed by atoms with Crippen molar-refractivity contribution in [1.82, 2.24) is 0 Å². The molecule has 0 fully saturated rings. The van der Waals surface area contributed by atoms with Crippen molar-refractivity contribution in [3.05, 3.63) is 41.5 Å². The van der Waals surface area contributed by atoms with E-state index in [0.717, 1.165) is 13.0 Å². The van der Waals surface area contributed by atoms with E-state index in [-0.39, 0.29) is 12.0 Å². The topological polar surface area (TPSA) is 29.5 Å². The van der Waals surface area contributed by atoms with E-state index in [1.165, 1.54) is 11.1 Å². The van der Waals surface area contributed by atoms with Gasteiger partial charge in [0.2, 0.25) is 0 Å². The van der Waals surface area contributed by atoms with E-state index >= 15 is 0 Å². The van der Waals surface area contributed by atoms with Crippen molar-refractivity contribution in [3.63, 3.8) is 0 Å². The van der Waals surface area contributed by atoms with E-state index in [4.69, 9.17) is 4.74 Å². The lowest BCUT2D eigenvalue weighted by atomic mass is 9.84. The van der Waals surface area contributed by atoms with Crippen LogP contribution in [0.4, 0.5) is 0 Å². The Morgan fingerprint density at radius 3 is 2.88 bits per heavy atom. The van der Waals surface area contributed by atoms with Gasteiger partial charge in [-0.25, -0.2) is 0 Å². The molecule has 0 spiro atoms. The maximum atomic E-state index is 9.63. The lowest BCUT2D eigenvalue weighted by Crippen LogP contribution is -2.32. The summed E-state index contributed by atoms with van der Waals surface area (Å²) in [7, 11) is 0. The second-order valence-corrected chi connectivity index (χ2v) is 4.29. The van der Waals surface area contributed by atoms with Crippen molar-refractivity contribution in [1.29, 1.82) is 0 Å². The van der Waals surface area contributed by atoms with Gasteiger partial charge in [0.15, 0.2) is 0 Å². The highest BCUT2D eigenvalue weighted by molar-refractivity contribution is 5.65. The van der Waals surface area contributed by atoms with Crippen LogP contribution in [0.3, 0.4) is 0 Å². The van der Waals surface area contributed by atoms with E-state index in [1.807, 2.05) is 12.1 Å². The van der Waals surface area contributed by atoms with Crippen LogP contribution >= 0.6 is 0 Å². The van der Waals surface area contributed by atoms with E-state index in [0.29, 0.717) is 6.61 Å². The van der Waals surface area contributed by atoms with Gasteiger partial charge in [-0.3, -0.25) is 0 Å². The Hall–Kier alpha value is -1.12. The van der Waals surface area contributed by atoms with Crippen LogP contribution in [-0.4, -0.2) is 24.9 Å². The molecule has 2 nitrogen and oxygen atoms in total. The molecule has 0 heterocycles. The van der Waals surface area contributed by atoms with E-state index in [1.54, 1.807) is 0 Å². The molecule has 1 aliphatic carbocycles. The van der Waals surface area contributed by atoms with Gasteiger partial charge in [0.1, 0.15) is 0 Å². The minimum absolute atomic E-state index is 0.101. The molecule has 0 amide bonds. The second kappa shape index (κ2) is 4.81. The van der Waals surface area contributed by atoms with Gasteiger partial charge in [-0.2, -0.15) is 0 Å². The molecule has 1 N–H and O–H groups in total. The lowest BCUT2D eigenvalue weighted by Gasteiger charge is -2.26. The molecule has 1 aliphatic rings. The fraction of sp³-hybridized carbons (Fsp3) is 0.429. The van der Waals surface area contributed by atoms with Gasteiger partial charge in [-0.15, -0.1) is 0 Å².